The second-order valence-electron chi connectivity index (χ2n) is 6.25. The van der Waals surface area contributed by atoms with Crippen LogP contribution in [-0.2, 0) is 6.42 Å². The van der Waals surface area contributed by atoms with E-state index in [9.17, 15) is 4.79 Å². The predicted octanol–water partition coefficient (Wildman–Crippen LogP) is 4.47. The number of rotatable bonds is 3. The summed E-state index contributed by atoms with van der Waals surface area (Å²) in [5.74, 6) is 0.392. The third kappa shape index (κ3) is 3.02. The number of anilines is 3. The van der Waals surface area contributed by atoms with Gasteiger partial charge >= 0.3 is 0 Å². The summed E-state index contributed by atoms with van der Waals surface area (Å²) < 4.78 is 0. The highest BCUT2D eigenvalue weighted by Crippen LogP contribution is 2.32. The number of halogens is 1. The molecule has 4 rings (SSSR count). The van der Waals surface area contributed by atoms with Crippen LogP contribution in [0, 0.1) is 0 Å². The van der Waals surface area contributed by atoms with Crippen LogP contribution < -0.4 is 10.2 Å². The molecule has 6 heteroatoms. The molecule has 1 aliphatic rings. The largest absolute Gasteiger partial charge is 0.338 e. The molecule has 0 bridgehead atoms. The zero-order chi connectivity index (χ0) is 18.1. The average molecular weight is 365 g/mol. The quantitative estimate of drug-likeness (QED) is 0.745. The molecule has 0 fully saturated rings. The zero-order valence-electron chi connectivity index (χ0n) is 14.2. The number of para-hydroxylation sites is 2. The first-order chi connectivity index (χ1) is 12.6. The van der Waals surface area contributed by atoms with Gasteiger partial charge in [0.2, 0.25) is 0 Å². The molecule has 3 aromatic rings. The van der Waals surface area contributed by atoms with E-state index in [4.69, 9.17) is 11.6 Å². The van der Waals surface area contributed by atoms with Crippen LogP contribution in [0.1, 0.15) is 23.0 Å². The molecule has 0 spiro atoms. The van der Waals surface area contributed by atoms with Crippen molar-refractivity contribution in [1.29, 1.82) is 0 Å². The topological polar surface area (TPSA) is 58.1 Å². The number of carbonyl (C=O) groups is 1. The number of hydrogen-bond donors (Lipinski definition) is 1. The molecular formula is C20H17ClN4O. The van der Waals surface area contributed by atoms with Crippen LogP contribution in [0.4, 0.5) is 17.2 Å². The summed E-state index contributed by atoms with van der Waals surface area (Å²) in [6.07, 6.45) is 3.89. The van der Waals surface area contributed by atoms with Gasteiger partial charge in [-0.15, -0.1) is 0 Å². The van der Waals surface area contributed by atoms with E-state index in [1.54, 1.807) is 17.2 Å². The van der Waals surface area contributed by atoms with Gasteiger partial charge in [-0.3, -0.25) is 4.79 Å². The molecule has 5 nitrogen and oxygen atoms in total. The molecule has 0 radical (unpaired) electrons. The van der Waals surface area contributed by atoms with Crippen molar-refractivity contribution in [3.8, 4) is 0 Å². The van der Waals surface area contributed by atoms with E-state index in [0.717, 1.165) is 17.8 Å². The van der Waals surface area contributed by atoms with Gasteiger partial charge in [0, 0.05) is 11.7 Å². The molecule has 2 heterocycles. The van der Waals surface area contributed by atoms with Crippen molar-refractivity contribution in [3.05, 3.63) is 77.2 Å². The number of hydrogen-bond acceptors (Lipinski definition) is 4. The van der Waals surface area contributed by atoms with Gasteiger partial charge in [-0.2, -0.15) is 0 Å². The van der Waals surface area contributed by atoms with Crippen LogP contribution in [0.3, 0.4) is 0 Å². The molecule has 26 heavy (non-hydrogen) atoms. The maximum Gasteiger partial charge on any atom is 0.278 e. The predicted molar refractivity (Wildman–Crippen MR) is 103 cm³/mol. The highest BCUT2D eigenvalue weighted by atomic mass is 35.5. The summed E-state index contributed by atoms with van der Waals surface area (Å²) in [6, 6.07) is 15.4. The van der Waals surface area contributed by atoms with Gasteiger partial charge in [-0.1, -0.05) is 41.9 Å². The molecular weight excluding hydrogens is 348 g/mol. The SMILES string of the molecule is CC1Cc2ccccc2N1C(=O)c1cnc(Nc2ccccc2Cl)cn1. The Morgan fingerprint density at radius 1 is 1.12 bits per heavy atom. The molecule has 1 aliphatic heterocycles. The van der Waals surface area contributed by atoms with E-state index >= 15 is 0 Å². The molecule has 1 atom stereocenters. The van der Waals surface area contributed by atoms with Crippen LogP contribution >= 0.6 is 11.6 Å². The third-order valence-corrected chi connectivity index (χ3v) is 4.76. The van der Waals surface area contributed by atoms with Crippen LogP contribution in [0.25, 0.3) is 0 Å². The minimum atomic E-state index is -0.140. The third-order valence-electron chi connectivity index (χ3n) is 4.43. The van der Waals surface area contributed by atoms with E-state index in [-0.39, 0.29) is 11.9 Å². The number of carbonyl (C=O) groups excluding carboxylic acids is 1. The summed E-state index contributed by atoms with van der Waals surface area (Å²) in [5, 5.41) is 3.70. The fourth-order valence-corrected chi connectivity index (χ4v) is 3.38. The first kappa shape index (κ1) is 16.5. The van der Waals surface area contributed by atoms with Gasteiger partial charge in [0.15, 0.2) is 0 Å². The Morgan fingerprint density at radius 2 is 1.88 bits per heavy atom. The van der Waals surface area contributed by atoms with Crippen molar-refractivity contribution in [1.82, 2.24) is 9.97 Å². The molecule has 130 valence electrons. The minimum absolute atomic E-state index is 0.0997. The zero-order valence-corrected chi connectivity index (χ0v) is 14.9. The van der Waals surface area contributed by atoms with Crippen molar-refractivity contribution in [3.63, 3.8) is 0 Å². The standard InChI is InChI=1S/C20H17ClN4O/c1-13-10-14-6-2-5-9-18(14)25(13)20(26)17-11-23-19(12-22-17)24-16-8-4-3-7-15(16)21/h2-9,11-13H,10H2,1H3,(H,23,24). The van der Waals surface area contributed by atoms with E-state index in [1.165, 1.54) is 11.8 Å². The van der Waals surface area contributed by atoms with E-state index in [1.807, 2.05) is 43.3 Å². The lowest BCUT2D eigenvalue weighted by atomic mass is 10.1. The van der Waals surface area contributed by atoms with Gasteiger partial charge in [0.05, 0.1) is 23.1 Å². The van der Waals surface area contributed by atoms with Crippen LogP contribution in [-0.4, -0.2) is 21.9 Å². The highest BCUT2D eigenvalue weighted by Gasteiger charge is 2.31. The van der Waals surface area contributed by atoms with Crippen molar-refractivity contribution < 1.29 is 4.79 Å². The summed E-state index contributed by atoms with van der Waals surface area (Å²) in [6.45, 7) is 2.04. The first-order valence-electron chi connectivity index (χ1n) is 8.38. The van der Waals surface area contributed by atoms with E-state index in [2.05, 4.69) is 21.4 Å². The molecule has 0 saturated heterocycles. The maximum atomic E-state index is 12.9. The fraction of sp³-hybridized carbons (Fsp3) is 0.150. The Kier molecular flexibility index (Phi) is 4.31. The number of aromatic nitrogens is 2. The number of fused-ring (bicyclic) bond motifs is 1. The Morgan fingerprint density at radius 3 is 2.65 bits per heavy atom. The minimum Gasteiger partial charge on any atom is -0.338 e. The molecule has 1 amide bonds. The van der Waals surface area contributed by atoms with Gasteiger partial charge in [0.1, 0.15) is 11.5 Å². The van der Waals surface area contributed by atoms with Crippen LogP contribution in [0.5, 0.6) is 0 Å². The highest BCUT2D eigenvalue weighted by molar-refractivity contribution is 6.33. The second kappa shape index (κ2) is 6.77. The van der Waals surface area contributed by atoms with Gasteiger partial charge < -0.3 is 10.2 Å². The van der Waals surface area contributed by atoms with Gasteiger partial charge in [0.25, 0.3) is 5.91 Å². The summed E-state index contributed by atoms with van der Waals surface area (Å²) in [5.41, 5.74) is 3.19. The van der Waals surface area contributed by atoms with Crippen molar-refractivity contribution in [2.45, 2.75) is 19.4 Å². The Hall–Kier alpha value is -2.92. The lowest BCUT2D eigenvalue weighted by Crippen LogP contribution is -2.36. The summed E-state index contributed by atoms with van der Waals surface area (Å²) in [7, 11) is 0. The molecule has 1 aromatic heterocycles. The Balaban J connectivity index is 1.56. The van der Waals surface area contributed by atoms with Crippen molar-refractivity contribution in [2.24, 2.45) is 0 Å². The lowest BCUT2D eigenvalue weighted by Gasteiger charge is -2.22. The number of nitrogens with zero attached hydrogens (tertiary/aromatic N) is 3. The summed E-state index contributed by atoms with van der Waals surface area (Å²) in [4.78, 5) is 23.3. The molecule has 2 aromatic carbocycles. The number of benzene rings is 2. The maximum absolute atomic E-state index is 12.9. The fourth-order valence-electron chi connectivity index (χ4n) is 3.20. The average Bonchev–Trinajstić information content (AvgIpc) is 2.99. The summed E-state index contributed by atoms with van der Waals surface area (Å²) >= 11 is 6.13. The lowest BCUT2D eigenvalue weighted by molar-refractivity contribution is 0.0976. The van der Waals surface area contributed by atoms with Crippen molar-refractivity contribution in [2.75, 3.05) is 10.2 Å². The molecule has 0 saturated carbocycles. The van der Waals surface area contributed by atoms with Crippen molar-refractivity contribution >= 4 is 34.7 Å². The normalized spacial score (nSPS) is 15.6. The molecule has 1 N–H and O–H groups in total. The van der Waals surface area contributed by atoms with E-state index in [0.29, 0.717) is 16.5 Å². The second-order valence-corrected chi connectivity index (χ2v) is 6.66. The van der Waals surface area contributed by atoms with Crippen LogP contribution in [0.15, 0.2) is 60.9 Å². The number of nitrogens with one attached hydrogen (secondary N) is 1. The molecule has 0 aliphatic carbocycles. The Labute approximate surface area is 156 Å². The number of amides is 1. The smallest absolute Gasteiger partial charge is 0.278 e. The Bertz CT molecular complexity index is 958. The monoisotopic (exact) mass is 364 g/mol. The van der Waals surface area contributed by atoms with Gasteiger partial charge in [-0.05, 0) is 37.1 Å². The first-order valence-corrected chi connectivity index (χ1v) is 8.76. The van der Waals surface area contributed by atoms with Crippen LogP contribution in [0.2, 0.25) is 5.02 Å². The van der Waals surface area contributed by atoms with E-state index < -0.39 is 0 Å². The van der Waals surface area contributed by atoms with Gasteiger partial charge in [-0.25, -0.2) is 9.97 Å². The molecule has 1 unspecified atom stereocenters.